The molecule has 9 heteroatoms. The topological polar surface area (TPSA) is 114 Å². The molecular weight excluding hydrogens is 453 g/mol. The van der Waals surface area contributed by atoms with Crippen LogP contribution in [0.1, 0.15) is 53.8 Å². The van der Waals surface area contributed by atoms with Gasteiger partial charge in [0.05, 0.1) is 18.1 Å². The minimum absolute atomic E-state index is 0.0519. The van der Waals surface area contributed by atoms with Crippen LogP contribution in [0.25, 0.3) is 5.69 Å². The van der Waals surface area contributed by atoms with Gasteiger partial charge in [-0.05, 0) is 55.9 Å². The van der Waals surface area contributed by atoms with Crippen LogP contribution in [0.2, 0.25) is 0 Å². The molecule has 35 heavy (non-hydrogen) atoms. The normalized spacial score (nSPS) is 15.8. The monoisotopic (exact) mass is 481 g/mol. The van der Waals surface area contributed by atoms with Crippen molar-refractivity contribution in [2.75, 3.05) is 6.61 Å². The predicted octanol–water partition coefficient (Wildman–Crippen LogP) is 3.81. The number of hydrogen-bond donors (Lipinski definition) is 3. The van der Waals surface area contributed by atoms with Crippen molar-refractivity contribution in [3.63, 3.8) is 0 Å². The van der Waals surface area contributed by atoms with Crippen LogP contribution in [0, 0.1) is 18.7 Å². The lowest BCUT2D eigenvalue weighted by atomic mass is 9.98. The fourth-order valence-electron chi connectivity index (χ4n) is 4.04. The van der Waals surface area contributed by atoms with Crippen LogP contribution in [-0.2, 0) is 4.79 Å². The van der Waals surface area contributed by atoms with E-state index in [4.69, 9.17) is 4.74 Å². The molecule has 3 aromatic rings. The number of benzene rings is 2. The fraction of sp³-hybridized carbons (Fsp3) is 0.346. The first-order chi connectivity index (χ1) is 16.7. The highest BCUT2D eigenvalue weighted by Gasteiger charge is 2.41. The molecule has 0 radical (unpaired) electrons. The predicted molar refractivity (Wildman–Crippen MR) is 126 cm³/mol. The molecule has 1 fully saturated rings. The Kier molecular flexibility index (Phi) is 6.88. The van der Waals surface area contributed by atoms with Crippen molar-refractivity contribution in [1.29, 1.82) is 0 Å². The molecule has 0 unspecified atom stereocenters. The van der Waals surface area contributed by atoms with Gasteiger partial charge in [-0.2, -0.15) is 9.78 Å². The summed E-state index contributed by atoms with van der Waals surface area (Å²) < 4.78 is 21.6. The molecule has 4 rings (SSSR count). The number of nitrogens with one attached hydrogen (secondary N) is 1. The molecule has 0 spiro atoms. The highest BCUT2D eigenvalue weighted by atomic mass is 19.1. The Morgan fingerprint density at radius 1 is 1.23 bits per heavy atom. The van der Waals surface area contributed by atoms with Crippen LogP contribution in [0.15, 0.2) is 54.6 Å². The van der Waals surface area contributed by atoms with Crippen molar-refractivity contribution in [2.24, 2.45) is 5.92 Å². The Morgan fingerprint density at radius 2 is 1.91 bits per heavy atom. The molecular formula is C26H28FN3O5. The van der Waals surface area contributed by atoms with Crippen molar-refractivity contribution in [2.45, 2.75) is 44.8 Å². The van der Waals surface area contributed by atoms with Crippen LogP contribution < -0.4 is 10.1 Å². The molecule has 0 bridgehead atoms. The van der Waals surface area contributed by atoms with Gasteiger partial charge >= 0.3 is 5.97 Å². The maximum absolute atomic E-state index is 14.6. The number of aromatic nitrogens is 2. The number of aliphatic carboxylic acids is 1. The molecule has 0 aliphatic heterocycles. The van der Waals surface area contributed by atoms with E-state index in [1.807, 2.05) is 19.1 Å². The molecule has 3 N–H and O–H groups in total. The van der Waals surface area contributed by atoms with Gasteiger partial charge in [-0.25, -0.2) is 4.39 Å². The third-order valence-corrected chi connectivity index (χ3v) is 6.21. The van der Waals surface area contributed by atoms with Gasteiger partial charge in [0.2, 0.25) is 5.88 Å². The second kappa shape index (κ2) is 9.87. The Bertz CT molecular complexity index is 1240. The summed E-state index contributed by atoms with van der Waals surface area (Å²) in [6, 6.07) is 13.7. The number of ether oxygens (including phenoxy) is 1. The first kappa shape index (κ1) is 24.4. The molecule has 1 aliphatic carbocycles. The van der Waals surface area contributed by atoms with Crippen LogP contribution in [0.5, 0.6) is 5.88 Å². The molecule has 1 saturated carbocycles. The van der Waals surface area contributed by atoms with E-state index in [2.05, 4.69) is 10.4 Å². The highest BCUT2D eigenvalue weighted by molar-refractivity contribution is 5.93. The number of nitrogens with zero attached hydrogens (tertiary/aromatic N) is 2. The number of aryl methyl sites for hydroxylation is 1. The van der Waals surface area contributed by atoms with Crippen molar-refractivity contribution in [3.8, 4) is 11.6 Å². The van der Waals surface area contributed by atoms with Crippen molar-refractivity contribution < 1.29 is 28.9 Å². The third kappa shape index (κ3) is 5.68. The zero-order chi connectivity index (χ0) is 25.2. The number of halogens is 1. The van der Waals surface area contributed by atoms with Crippen molar-refractivity contribution in [1.82, 2.24) is 15.1 Å². The number of para-hydroxylation sites is 1. The molecule has 1 aromatic heterocycles. The fourth-order valence-corrected chi connectivity index (χ4v) is 4.04. The number of carbonyl (C=O) groups excluding carboxylic acids is 1. The van der Waals surface area contributed by atoms with Gasteiger partial charge in [0.1, 0.15) is 18.1 Å². The summed E-state index contributed by atoms with van der Waals surface area (Å²) in [5.74, 6) is -2.05. The second-order valence-corrected chi connectivity index (χ2v) is 9.13. The Morgan fingerprint density at radius 3 is 2.57 bits per heavy atom. The van der Waals surface area contributed by atoms with Gasteiger partial charge in [0.25, 0.3) is 5.91 Å². The number of amides is 1. The molecule has 1 amide bonds. The van der Waals surface area contributed by atoms with Gasteiger partial charge in [0, 0.05) is 6.07 Å². The quantitative estimate of drug-likeness (QED) is 0.406. The summed E-state index contributed by atoms with van der Waals surface area (Å²) in [4.78, 5) is 24.6. The number of aliphatic hydroxyl groups is 1. The minimum Gasteiger partial charge on any atom is -0.481 e. The van der Waals surface area contributed by atoms with Crippen LogP contribution in [-0.4, -0.2) is 44.1 Å². The van der Waals surface area contributed by atoms with Crippen molar-refractivity contribution >= 4 is 11.9 Å². The molecule has 2 atom stereocenters. The zero-order valence-corrected chi connectivity index (χ0v) is 19.6. The summed E-state index contributed by atoms with van der Waals surface area (Å²) in [5, 5.41) is 27.0. The number of carboxylic acid groups (broad SMARTS) is 1. The van der Waals surface area contributed by atoms with Gasteiger partial charge in [-0.15, -0.1) is 0 Å². The zero-order valence-electron chi connectivity index (χ0n) is 19.6. The highest BCUT2D eigenvalue weighted by Crippen LogP contribution is 2.39. The first-order valence-electron chi connectivity index (χ1n) is 11.4. The van der Waals surface area contributed by atoms with Gasteiger partial charge in [-0.1, -0.05) is 36.4 Å². The van der Waals surface area contributed by atoms with E-state index in [-0.39, 0.29) is 36.2 Å². The summed E-state index contributed by atoms with van der Waals surface area (Å²) in [7, 11) is 0. The maximum atomic E-state index is 14.6. The van der Waals surface area contributed by atoms with Crippen molar-refractivity contribution in [3.05, 3.63) is 77.2 Å². The SMILES string of the molecule is Cc1ccccc1[C@H](CC(=O)O)NC(=O)c1cc(OC[C@](C)(O)C2CC2)n(-c2ccccc2F)n1. The van der Waals surface area contributed by atoms with E-state index in [9.17, 15) is 24.2 Å². The first-order valence-corrected chi connectivity index (χ1v) is 11.4. The van der Waals surface area contributed by atoms with E-state index in [0.29, 0.717) is 5.56 Å². The second-order valence-electron chi connectivity index (χ2n) is 9.13. The van der Waals surface area contributed by atoms with Gasteiger partial charge in [-0.3, -0.25) is 9.59 Å². The smallest absolute Gasteiger partial charge is 0.305 e. The third-order valence-electron chi connectivity index (χ3n) is 6.21. The lowest BCUT2D eigenvalue weighted by Crippen LogP contribution is -2.35. The number of hydrogen-bond acceptors (Lipinski definition) is 5. The molecule has 0 saturated heterocycles. The standard InChI is InChI=1S/C26H28FN3O5/c1-16-7-3-4-8-18(16)20(14-24(31)32)28-25(33)21-13-23(35-15-26(2,34)17-11-12-17)30(29-21)22-10-6-5-9-19(22)27/h3-10,13,17,20,34H,11-12,14-15H2,1-2H3,(H,28,33)(H,31,32)/t20-,26-/m0/s1. The largest absolute Gasteiger partial charge is 0.481 e. The average molecular weight is 482 g/mol. The average Bonchev–Trinajstić information content (AvgIpc) is 3.59. The van der Waals surface area contributed by atoms with E-state index in [0.717, 1.165) is 18.4 Å². The Balaban J connectivity index is 1.64. The Hall–Kier alpha value is -3.72. The van der Waals surface area contributed by atoms with Crippen LogP contribution in [0.3, 0.4) is 0 Å². The molecule has 184 valence electrons. The lowest BCUT2D eigenvalue weighted by molar-refractivity contribution is -0.137. The maximum Gasteiger partial charge on any atom is 0.305 e. The number of rotatable bonds is 10. The van der Waals surface area contributed by atoms with E-state index < -0.39 is 29.3 Å². The van der Waals surface area contributed by atoms with Crippen LogP contribution >= 0.6 is 0 Å². The van der Waals surface area contributed by atoms with Gasteiger partial charge < -0.3 is 20.3 Å². The summed E-state index contributed by atoms with van der Waals surface area (Å²) in [5.41, 5.74) is 0.451. The van der Waals surface area contributed by atoms with E-state index >= 15 is 0 Å². The number of carboxylic acids is 1. The van der Waals surface area contributed by atoms with E-state index in [1.165, 1.54) is 28.9 Å². The molecule has 2 aromatic carbocycles. The van der Waals surface area contributed by atoms with E-state index in [1.54, 1.807) is 25.1 Å². The molecule has 1 aliphatic rings. The minimum atomic E-state index is -1.07. The molecule has 1 heterocycles. The molecule has 8 nitrogen and oxygen atoms in total. The summed E-state index contributed by atoms with van der Waals surface area (Å²) in [6.07, 6.45) is 1.49. The number of carbonyl (C=O) groups is 2. The van der Waals surface area contributed by atoms with Crippen LogP contribution in [0.4, 0.5) is 4.39 Å². The van der Waals surface area contributed by atoms with Gasteiger partial charge in [0.15, 0.2) is 5.69 Å². The Labute approximate surface area is 202 Å². The summed E-state index contributed by atoms with van der Waals surface area (Å²) >= 11 is 0. The lowest BCUT2D eigenvalue weighted by Gasteiger charge is -2.23. The summed E-state index contributed by atoms with van der Waals surface area (Å²) in [6.45, 7) is 3.46.